The molecule has 9 aromatic carbocycles. The summed E-state index contributed by atoms with van der Waals surface area (Å²) in [6, 6.07) is 58.9. The van der Waals surface area contributed by atoms with E-state index in [0.717, 1.165) is 12.8 Å². The fourth-order valence-corrected chi connectivity index (χ4v) is 8.03. The van der Waals surface area contributed by atoms with E-state index in [-0.39, 0.29) is 0 Å². The summed E-state index contributed by atoms with van der Waals surface area (Å²) in [5.74, 6) is 0. The maximum atomic E-state index is 2.41. The Hall–Kier alpha value is -5.72. The Kier molecular flexibility index (Phi) is 5.50. The third kappa shape index (κ3) is 3.93. The summed E-state index contributed by atoms with van der Waals surface area (Å²) >= 11 is 0. The highest BCUT2D eigenvalue weighted by molar-refractivity contribution is 6.25. The Morgan fingerprint density at radius 2 is 0.826 bits per heavy atom. The van der Waals surface area contributed by atoms with E-state index < -0.39 is 0 Å². The highest BCUT2D eigenvalue weighted by Crippen LogP contribution is 2.40. The summed E-state index contributed by atoms with van der Waals surface area (Å²) in [5.41, 5.74) is 13.0. The Morgan fingerprint density at radius 1 is 0.283 bits per heavy atom. The van der Waals surface area contributed by atoms with Crippen LogP contribution in [0.3, 0.4) is 0 Å². The summed E-state index contributed by atoms with van der Waals surface area (Å²) < 4.78 is 0. The van der Waals surface area contributed by atoms with Gasteiger partial charge in [-0.3, -0.25) is 0 Å². The fourth-order valence-electron chi connectivity index (χ4n) is 8.03. The fraction of sp³-hybridized carbons (Fsp3) is 0.0435. The molecule has 1 aliphatic carbocycles. The average molecular weight is 583 g/mol. The first-order chi connectivity index (χ1) is 22.8. The predicted molar refractivity (Wildman–Crippen MR) is 197 cm³/mol. The molecule has 0 aliphatic heterocycles. The second-order valence-corrected chi connectivity index (χ2v) is 12.9. The van der Waals surface area contributed by atoms with Crippen LogP contribution in [-0.4, -0.2) is 0 Å². The molecule has 0 atom stereocenters. The van der Waals surface area contributed by atoms with E-state index in [1.807, 2.05) is 0 Å². The molecule has 0 saturated heterocycles. The second-order valence-electron chi connectivity index (χ2n) is 12.9. The van der Waals surface area contributed by atoms with Crippen molar-refractivity contribution >= 4 is 43.1 Å². The zero-order valence-corrected chi connectivity index (χ0v) is 25.4. The van der Waals surface area contributed by atoms with Gasteiger partial charge in [-0.15, -0.1) is 0 Å². The second kappa shape index (κ2) is 9.89. The summed E-state index contributed by atoms with van der Waals surface area (Å²) in [5, 5.41) is 10.8. The van der Waals surface area contributed by atoms with E-state index in [1.165, 1.54) is 98.7 Å². The molecule has 0 nitrogen and oxygen atoms in total. The molecule has 0 spiro atoms. The largest absolute Gasteiger partial charge is 0.0614 e. The van der Waals surface area contributed by atoms with E-state index >= 15 is 0 Å². The quantitative estimate of drug-likeness (QED) is 0.181. The highest BCUT2D eigenvalue weighted by atomic mass is 14.2. The molecule has 46 heavy (non-hydrogen) atoms. The Labute approximate surface area is 268 Å². The van der Waals surface area contributed by atoms with Gasteiger partial charge in [0.05, 0.1) is 0 Å². The van der Waals surface area contributed by atoms with Crippen molar-refractivity contribution < 1.29 is 0 Å². The zero-order chi connectivity index (χ0) is 30.2. The van der Waals surface area contributed by atoms with Crippen LogP contribution >= 0.6 is 0 Å². The van der Waals surface area contributed by atoms with Gasteiger partial charge in [0.15, 0.2) is 0 Å². The first-order valence-electron chi connectivity index (χ1n) is 16.3. The Balaban J connectivity index is 0.998. The normalized spacial score (nSPS) is 12.6. The minimum absolute atomic E-state index is 1.14. The molecule has 10 rings (SSSR count). The van der Waals surface area contributed by atoms with Crippen LogP contribution in [0, 0.1) is 0 Å². The molecular formula is C46H30. The van der Waals surface area contributed by atoms with Crippen LogP contribution in [0.25, 0.3) is 87.6 Å². The van der Waals surface area contributed by atoms with Crippen LogP contribution < -0.4 is 0 Å². The Bertz CT molecular complexity index is 2600. The number of rotatable bonds is 4. The standard InChI is InChI=1S/C46H30/c1-6-32-17-18-34-21-23-42(43-24-22-33(7-1)45(32)46(34)43)38-11-4-9-36(26-38)30-15-13-29(14-16-30)35-8-3-10-37(25-35)41-27-39-12-2-5-31-19-20-40(28-41)44(31)39/h1-18,21-28H,19-20H2. The molecule has 0 unspecified atom stereocenters. The molecule has 0 saturated carbocycles. The molecule has 1 aliphatic rings. The van der Waals surface area contributed by atoms with Gasteiger partial charge < -0.3 is 0 Å². The minimum Gasteiger partial charge on any atom is -0.0614 e. The number of aryl methyl sites for hydroxylation is 2. The van der Waals surface area contributed by atoms with E-state index in [1.54, 1.807) is 0 Å². The third-order valence-corrected chi connectivity index (χ3v) is 10.3. The number of hydrogen-bond acceptors (Lipinski definition) is 0. The first-order valence-corrected chi connectivity index (χ1v) is 16.3. The van der Waals surface area contributed by atoms with Crippen LogP contribution in [0.2, 0.25) is 0 Å². The van der Waals surface area contributed by atoms with Gasteiger partial charge >= 0.3 is 0 Å². The van der Waals surface area contributed by atoms with Crippen LogP contribution in [0.5, 0.6) is 0 Å². The summed E-state index contributed by atoms with van der Waals surface area (Å²) in [4.78, 5) is 0. The molecule has 0 bridgehead atoms. The molecular weight excluding hydrogens is 553 g/mol. The highest BCUT2D eigenvalue weighted by Gasteiger charge is 2.16. The van der Waals surface area contributed by atoms with Crippen molar-refractivity contribution in [3.05, 3.63) is 169 Å². The van der Waals surface area contributed by atoms with Crippen molar-refractivity contribution in [2.45, 2.75) is 12.8 Å². The average Bonchev–Trinajstić information content (AvgIpc) is 3.55. The number of benzene rings is 9. The molecule has 0 amide bonds. The van der Waals surface area contributed by atoms with Crippen molar-refractivity contribution in [1.82, 2.24) is 0 Å². The van der Waals surface area contributed by atoms with Crippen LogP contribution in [0.15, 0.2) is 158 Å². The van der Waals surface area contributed by atoms with Gasteiger partial charge in [-0.1, -0.05) is 140 Å². The first kappa shape index (κ1) is 25.6. The van der Waals surface area contributed by atoms with E-state index in [9.17, 15) is 0 Å². The van der Waals surface area contributed by atoms with E-state index in [0.29, 0.717) is 0 Å². The molecule has 0 heteroatoms. The Morgan fingerprint density at radius 3 is 1.59 bits per heavy atom. The lowest BCUT2D eigenvalue weighted by molar-refractivity contribution is 1.02. The predicted octanol–water partition coefficient (Wildman–Crippen LogP) is 12.5. The molecule has 0 radical (unpaired) electrons. The van der Waals surface area contributed by atoms with Gasteiger partial charge in [0.1, 0.15) is 0 Å². The van der Waals surface area contributed by atoms with Gasteiger partial charge in [0.2, 0.25) is 0 Å². The molecule has 214 valence electrons. The maximum absolute atomic E-state index is 2.41. The van der Waals surface area contributed by atoms with E-state index in [2.05, 4.69) is 158 Å². The summed E-state index contributed by atoms with van der Waals surface area (Å²) in [6.45, 7) is 0. The van der Waals surface area contributed by atoms with Crippen LogP contribution in [-0.2, 0) is 12.8 Å². The van der Waals surface area contributed by atoms with Gasteiger partial charge in [0.25, 0.3) is 0 Å². The molecule has 9 aromatic rings. The molecule has 0 fully saturated rings. The lowest BCUT2D eigenvalue weighted by atomic mass is 9.89. The molecule has 0 aromatic heterocycles. The van der Waals surface area contributed by atoms with Crippen LogP contribution in [0.4, 0.5) is 0 Å². The van der Waals surface area contributed by atoms with Crippen LogP contribution in [0.1, 0.15) is 11.1 Å². The van der Waals surface area contributed by atoms with E-state index in [4.69, 9.17) is 0 Å². The van der Waals surface area contributed by atoms with Crippen molar-refractivity contribution in [1.29, 1.82) is 0 Å². The van der Waals surface area contributed by atoms with Crippen molar-refractivity contribution in [3.63, 3.8) is 0 Å². The van der Waals surface area contributed by atoms with Gasteiger partial charge in [-0.2, -0.15) is 0 Å². The minimum atomic E-state index is 1.14. The van der Waals surface area contributed by atoms with Gasteiger partial charge in [-0.25, -0.2) is 0 Å². The van der Waals surface area contributed by atoms with Gasteiger partial charge in [-0.05, 0) is 130 Å². The van der Waals surface area contributed by atoms with Crippen molar-refractivity contribution in [3.8, 4) is 44.5 Å². The smallest absolute Gasteiger partial charge is 0.00206 e. The topological polar surface area (TPSA) is 0 Å². The maximum Gasteiger partial charge on any atom is -0.00206 e. The monoisotopic (exact) mass is 582 g/mol. The zero-order valence-electron chi connectivity index (χ0n) is 25.4. The summed E-state index contributed by atoms with van der Waals surface area (Å²) in [7, 11) is 0. The third-order valence-electron chi connectivity index (χ3n) is 10.3. The van der Waals surface area contributed by atoms with Gasteiger partial charge in [0, 0.05) is 0 Å². The lowest BCUT2D eigenvalue weighted by Gasteiger charge is -2.15. The van der Waals surface area contributed by atoms with Crippen molar-refractivity contribution in [2.24, 2.45) is 0 Å². The lowest BCUT2D eigenvalue weighted by Crippen LogP contribution is -1.88. The summed E-state index contributed by atoms with van der Waals surface area (Å²) in [6.07, 6.45) is 2.30. The number of hydrogen-bond donors (Lipinski definition) is 0. The SMILES string of the molecule is c1cc(-c2ccc(-c3cccc(-c4ccc5ccc6cccc7ccc4c5c67)c3)cc2)cc(-c2cc3c4c(cccc4c2)CC3)c1. The molecule has 0 heterocycles. The molecule has 0 N–H and O–H groups in total. The van der Waals surface area contributed by atoms with Crippen molar-refractivity contribution in [2.75, 3.05) is 0 Å².